The molecule has 1 aliphatic heterocycles. The molecule has 3 rings (SSSR count). The normalized spacial score (nSPS) is 23.2. The van der Waals surface area contributed by atoms with Gasteiger partial charge in [-0.2, -0.15) is 0 Å². The average molecular weight is 310 g/mol. The Labute approximate surface area is 115 Å². The lowest BCUT2D eigenvalue weighted by atomic mass is 10.3. The van der Waals surface area contributed by atoms with E-state index in [4.69, 9.17) is 4.74 Å². The summed E-state index contributed by atoms with van der Waals surface area (Å²) in [5.74, 6) is 1.51. The van der Waals surface area contributed by atoms with E-state index < -0.39 is 0 Å². The minimum absolute atomic E-state index is 0.141. The molecule has 0 N–H and O–H groups in total. The van der Waals surface area contributed by atoms with Gasteiger partial charge in [-0.1, -0.05) is 22.0 Å². The fourth-order valence-corrected chi connectivity index (χ4v) is 2.72. The molecule has 3 nitrogen and oxygen atoms in total. The van der Waals surface area contributed by atoms with Crippen molar-refractivity contribution in [3.05, 3.63) is 28.7 Å². The Morgan fingerprint density at radius 1 is 1.33 bits per heavy atom. The molecule has 1 aliphatic carbocycles. The number of ether oxygens (including phenoxy) is 1. The second-order valence-electron chi connectivity index (χ2n) is 5.04. The SMILES string of the molecule is O=C(C1CC1)N1CCC(Oc2cccc(Br)c2)C1. The van der Waals surface area contributed by atoms with Crippen LogP contribution >= 0.6 is 15.9 Å². The molecule has 1 unspecified atom stereocenters. The van der Waals surface area contributed by atoms with E-state index in [0.29, 0.717) is 11.8 Å². The summed E-state index contributed by atoms with van der Waals surface area (Å²) in [5, 5.41) is 0. The van der Waals surface area contributed by atoms with Gasteiger partial charge in [-0.05, 0) is 31.0 Å². The zero-order chi connectivity index (χ0) is 12.5. The maximum atomic E-state index is 11.9. The van der Waals surface area contributed by atoms with E-state index in [1.54, 1.807) is 0 Å². The summed E-state index contributed by atoms with van der Waals surface area (Å²) in [6, 6.07) is 7.85. The van der Waals surface area contributed by atoms with Crippen molar-refractivity contribution < 1.29 is 9.53 Å². The van der Waals surface area contributed by atoms with Crippen LogP contribution in [0.1, 0.15) is 19.3 Å². The zero-order valence-electron chi connectivity index (χ0n) is 10.1. The van der Waals surface area contributed by atoms with Gasteiger partial charge >= 0.3 is 0 Å². The Hall–Kier alpha value is -1.03. The van der Waals surface area contributed by atoms with Crippen LogP contribution in [0.25, 0.3) is 0 Å². The third-order valence-electron chi connectivity index (χ3n) is 3.48. The largest absolute Gasteiger partial charge is 0.488 e. The molecule has 96 valence electrons. The van der Waals surface area contributed by atoms with Crippen molar-refractivity contribution in [3.8, 4) is 5.75 Å². The third-order valence-corrected chi connectivity index (χ3v) is 3.98. The van der Waals surface area contributed by atoms with Gasteiger partial charge in [0.05, 0.1) is 6.54 Å². The monoisotopic (exact) mass is 309 g/mol. The van der Waals surface area contributed by atoms with Gasteiger partial charge in [0.2, 0.25) is 5.91 Å². The Kier molecular flexibility index (Phi) is 3.29. The van der Waals surface area contributed by atoms with Crippen LogP contribution in [-0.2, 0) is 4.79 Å². The van der Waals surface area contributed by atoms with Crippen molar-refractivity contribution in [3.63, 3.8) is 0 Å². The maximum absolute atomic E-state index is 11.9. The lowest BCUT2D eigenvalue weighted by Crippen LogP contribution is -2.31. The molecule has 1 amide bonds. The summed E-state index contributed by atoms with van der Waals surface area (Å²) < 4.78 is 6.93. The number of benzene rings is 1. The first-order chi connectivity index (χ1) is 8.72. The summed E-state index contributed by atoms with van der Waals surface area (Å²) >= 11 is 3.43. The van der Waals surface area contributed by atoms with Crippen molar-refractivity contribution in [1.29, 1.82) is 0 Å². The van der Waals surface area contributed by atoms with Crippen molar-refractivity contribution in [2.45, 2.75) is 25.4 Å². The molecule has 1 heterocycles. The lowest BCUT2D eigenvalue weighted by molar-refractivity contribution is -0.131. The molecule has 4 heteroatoms. The van der Waals surface area contributed by atoms with Gasteiger partial charge in [0.1, 0.15) is 11.9 Å². The highest BCUT2D eigenvalue weighted by Gasteiger charge is 2.37. The summed E-state index contributed by atoms with van der Waals surface area (Å²) in [4.78, 5) is 13.9. The van der Waals surface area contributed by atoms with Crippen LogP contribution < -0.4 is 4.74 Å². The first-order valence-electron chi connectivity index (χ1n) is 6.43. The van der Waals surface area contributed by atoms with E-state index >= 15 is 0 Å². The van der Waals surface area contributed by atoms with Crippen LogP contribution in [0, 0.1) is 5.92 Å². The molecule has 18 heavy (non-hydrogen) atoms. The van der Waals surface area contributed by atoms with Crippen LogP contribution in [-0.4, -0.2) is 30.0 Å². The minimum atomic E-state index is 0.141. The summed E-state index contributed by atoms with van der Waals surface area (Å²) in [5.41, 5.74) is 0. The first-order valence-corrected chi connectivity index (χ1v) is 7.23. The van der Waals surface area contributed by atoms with E-state index in [1.165, 1.54) is 0 Å². The van der Waals surface area contributed by atoms with Gasteiger partial charge in [0, 0.05) is 23.4 Å². The molecule has 1 atom stereocenters. The maximum Gasteiger partial charge on any atom is 0.225 e. The van der Waals surface area contributed by atoms with Gasteiger partial charge in [0.25, 0.3) is 0 Å². The number of carbonyl (C=O) groups is 1. The van der Waals surface area contributed by atoms with Crippen LogP contribution in [0.15, 0.2) is 28.7 Å². The smallest absolute Gasteiger partial charge is 0.225 e. The zero-order valence-corrected chi connectivity index (χ0v) is 11.7. The Bertz CT molecular complexity index is 459. The molecule has 1 saturated heterocycles. The van der Waals surface area contributed by atoms with Crippen molar-refractivity contribution in [2.24, 2.45) is 5.92 Å². The van der Waals surface area contributed by atoms with E-state index in [2.05, 4.69) is 15.9 Å². The molecule has 0 radical (unpaired) electrons. The highest BCUT2D eigenvalue weighted by molar-refractivity contribution is 9.10. The molecule has 0 spiro atoms. The van der Waals surface area contributed by atoms with E-state index in [0.717, 1.165) is 42.6 Å². The van der Waals surface area contributed by atoms with Gasteiger partial charge in [-0.15, -0.1) is 0 Å². The quantitative estimate of drug-likeness (QED) is 0.859. The topological polar surface area (TPSA) is 29.5 Å². The predicted octanol–water partition coefficient (Wildman–Crippen LogP) is 2.84. The fourth-order valence-electron chi connectivity index (χ4n) is 2.35. The van der Waals surface area contributed by atoms with E-state index in [9.17, 15) is 4.79 Å². The second kappa shape index (κ2) is 4.92. The van der Waals surface area contributed by atoms with Gasteiger partial charge in [-0.25, -0.2) is 0 Å². The van der Waals surface area contributed by atoms with Gasteiger partial charge in [0.15, 0.2) is 0 Å². The number of nitrogens with zero attached hydrogens (tertiary/aromatic N) is 1. The number of hydrogen-bond donors (Lipinski definition) is 0. The first kappa shape index (κ1) is 12.0. The highest BCUT2D eigenvalue weighted by atomic mass is 79.9. The summed E-state index contributed by atoms with van der Waals surface area (Å²) in [6.07, 6.45) is 3.23. The van der Waals surface area contributed by atoms with Crippen LogP contribution in [0.5, 0.6) is 5.75 Å². The Balaban J connectivity index is 1.57. The lowest BCUT2D eigenvalue weighted by Gasteiger charge is -2.17. The molecule has 0 bridgehead atoms. The molecule has 2 aliphatic rings. The number of hydrogen-bond acceptors (Lipinski definition) is 2. The Morgan fingerprint density at radius 2 is 2.17 bits per heavy atom. The third kappa shape index (κ3) is 2.69. The average Bonchev–Trinajstić information content (AvgIpc) is 3.09. The van der Waals surface area contributed by atoms with Crippen molar-refractivity contribution in [1.82, 2.24) is 4.90 Å². The highest BCUT2D eigenvalue weighted by Crippen LogP contribution is 2.32. The molecule has 1 aromatic carbocycles. The van der Waals surface area contributed by atoms with Gasteiger partial charge < -0.3 is 9.64 Å². The minimum Gasteiger partial charge on any atom is -0.488 e. The van der Waals surface area contributed by atoms with Gasteiger partial charge in [-0.3, -0.25) is 4.79 Å². The molecule has 2 fully saturated rings. The van der Waals surface area contributed by atoms with Crippen LogP contribution in [0.3, 0.4) is 0 Å². The number of likely N-dealkylation sites (tertiary alicyclic amines) is 1. The summed E-state index contributed by atoms with van der Waals surface area (Å²) in [7, 11) is 0. The molecule has 1 aromatic rings. The second-order valence-corrected chi connectivity index (χ2v) is 5.96. The number of rotatable bonds is 3. The van der Waals surface area contributed by atoms with Crippen molar-refractivity contribution in [2.75, 3.05) is 13.1 Å². The number of amides is 1. The molecule has 0 aromatic heterocycles. The fraction of sp³-hybridized carbons (Fsp3) is 0.500. The Morgan fingerprint density at radius 3 is 2.89 bits per heavy atom. The number of carbonyl (C=O) groups excluding carboxylic acids is 1. The van der Waals surface area contributed by atoms with E-state index in [-0.39, 0.29) is 6.10 Å². The predicted molar refractivity (Wildman–Crippen MR) is 72.5 cm³/mol. The number of halogens is 1. The summed E-state index contributed by atoms with van der Waals surface area (Å²) in [6.45, 7) is 1.58. The molecular formula is C14H16BrNO2. The van der Waals surface area contributed by atoms with Crippen LogP contribution in [0.4, 0.5) is 0 Å². The molecular weight excluding hydrogens is 294 g/mol. The van der Waals surface area contributed by atoms with Crippen LogP contribution in [0.2, 0.25) is 0 Å². The van der Waals surface area contributed by atoms with E-state index in [1.807, 2.05) is 29.2 Å². The molecule has 1 saturated carbocycles. The van der Waals surface area contributed by atoms with Crippen molar-refractivity contribution >= 4 is 21.8 Å². The standard InChI is InChI=1S/C14H16BrNO2/c15-11-2-1-3-12(8-11)18-13-6-7-16(9-13)14(17)10-4-5-10/h1-3,8,10,13H,4-7,9H2.